The van der Waals surface area contributed by atoms with Crippen molar-refractivity contribution in [1.29, 1.82) is 0 Å². The average molecular weight is 249 g/mol. The summed E-state index contributed by atoms with van der Waals surface area (Å²) in [5.41, 5.74) is 14.2. The molecule has 0 aliphatic carbocycles. The van der Waals surface area contributed by atoms with E-state index in [4.69, 9.17) is 23.7 Å². The van der Waals surface area contributed by atoms with Crippen molar-refractivity contribution in [2.24, 2.45) is 0 Å². The number of hydrogen-bond acceptors (Lipinski definition) is 5. The first-order valence-electron chi connectivity index (χ1n) is 5.49. The maximum atomic E-state index is 5.89. The summed E-state index contributed by atoms with van der Waals surface area (Å²) >= 11 is 5.32. The highest BCUT2D eigenvalue weighted by Gasteiger charge is 2.11. The zero-order chi connectivity index (χ0) is 12.6. The molecule has 2 heterocycles. The number of H-pyrrole nitrogens is 1. The maximum absolute atomic E-state index is 5.89. The van der Waals surface area contributed by atoms with Gasteiger partial charge in [-0.15, -0.1) is 0 Å². The van der Waals surface area contributed by atoms with Gasteiger partial charge in [-0.3, -0.25) is 0 Å². The smallest absolute Gasteiger partial charge is 0.223 e. The number of nitrogens with two attached hydrogens (primary N) is 2. The first-order chi connectivity index (χ1) is 8.04. The van der Waals surface area contributed by atoms with E-state index in [1.54, 1.807) is 0 Å². The largest absolute Gasteiger partial charge is 0.383 e. The summed E-state index contributed by atoms with van der Waals surface area (Å²) in [5, 5.41) is 0.816. The molecule has 0 saturated carbocycles. The summed E-state index contributed by atoms with van der Waals surface area (Å²) in [7, 11) is 0. The maximum Gasteiger partial charge on any atom is 0.223 e. The lowest BCUT2D eigenvalue weighted by atomic mass is 10.0. The predicted octanol–water partition coefficient (Wildman–Crippen LogP) is 2.11. The molecule has 0 bridgehead atoms. The van der Waals surface area contributed by atoms with Crippen molar-refractivity contribution in [3.8, 4) is 0 Å². The summed E-state index contributed by atoms with van der Waals surface area (Å²) in [6, 6.07) is 0. The van der Waals surface area contributed by atoms with E-state index in [1.807, 2.05) is 6.92 Å². The van der Waals surface area contributed by atoms with Gasteiger partial charge in [-0.05, 0) is 24.5 Å². The molecule has 0 amide bonds. The van der Waals surface area contributed by atoms with E-state index in [9.17, 15) is 0 Å². The highest BCUT2D eigenvalue weighted by atomic mass is 32.1. The minimum atomic E-state index is 0.156. The number of nitrogen functional groups attached to an aromatic ring is 2. The Labute approximate surface area is 104 Å². The summed E-state index contributed by atoms with van der Waals surface area (Å²) in [4.78, 5) is 11.2. The van der Waals surface area contributed by atoms with Crippen LogP contribution in [0.1, 0.15) is 24.5 Å². The second-order valence-corrected chi connectivity index (χ2v) is 4.41. The molecule has 2 aromatic heterocycles. The number of nitrogens with one attached hydrogen (secondary N) is 1. The van der Waals surface area contributed by atoms with Crippen LogP contribution in [0.2, 0.25) is 0 Å². The third-order valence-corrected chi connectivity index (χ3v) is 3.14. The molecule has 6 heteroatoms. The molecule has 0 aromatic carbocycles. The Morgan fingerprint density at radius 2 is 2.00 bits per heavy atom. The fourth-order valence-corrected chi connectivity index (χ4v) is 2.36. The summed E-state index contributed by atoms with van der Waals surface area (Å²) in [6.07, 6.45) is 1.94. The second kappa shape index (κ2) is 4.29. The van der Waals surface area contributed by atoms with Gasteiger partial charge in [0.05, 0.1) is 5.39 Å². The molecular weight excluding hydrogens is 234 g/mol. The Bertz CT molecular complexity index is 632. The lowest BCUT2D eigenvalue weighted by molar-refractivity contribution is 0.903. The average Bonchev–Trinajstić information content (AvgIpc) is 2.22. The van der Waals surface area contributed by atoms with E-state index in [-0.39, 0.29) is 5.95 Å². The summed E-state index contributed by atoms with van der Waals surface area (Å²) in [6.45, 7) is 4.11. The lowest BCUT2D eigenvalue weighted by Gasteiger charge is -2.10. The van der Waals surface area contributed by atoms with Crippen LogP contribution in [-0.4, -0.2) is 15.0 Å². The molecule has 5 N–H and O–H groups in total. The Morgan fingerprint density at radius 3 is 2.65 bits per heavy atom. The van der Waals surface area contributed by atoms with Crippen LogP contribution in [0, 0.1) is 11.6 Å². The second-order valence-electron chi connectivity index (χ2n) is 4.00. The minimum Gasteiger partial charge on any atom is -0.383 e. The third-order valence-electron chi connectivity index (χ3n) is 2.79. The van der Waals surface area contributed by atoms with Crippen LogP contribution in [0.5, 0.6) is 0 Å². The molecule has 2 rings (SSSR count). The molecule has 0 atom stereocenters. The van der Waals surface area contributed by atoms with Gasteiger partial charge in [0.1, 0.15) is 16.1 Å². The molecule has 0 fully saturated rings. The standard InChI is InChI=1S/C11H15N5S/c1-3-4-6-5(2)7-8(12)14-11(13)16-9(7)15-10(6)17/h3-4H2,1-2H3,(H5,12,13,14,15,16,17). The fourth-order valence-electron chi connectivity index (χ4n) is 2.01. The van der Waals surface area contributed by atoms with Gasteiger partial charge < -0.3 is 16.5 Å². The van der Waals surface area contributed by atoms with Crippen molar-refractivity contribution < 1.29 is 0 Å². The van der Waals surface area contributed by atoms with E-state index in [0.29, 0.717) is 16.1 Å². The van der Waals surface area contributed by atoms with Crippen molar-refractivity contribution >= 4 is 35.0 Å². The Hall–Kier alpha value is -1.69. The van der Waals surface area contributed by atoms with Gasteiger partial charge in [0.25, 0.3) is 0 Å². The van der Waals surface area contributed by atoms with Crippen LogP contribution in [0.25, 0.3) is 11.0 Å². The van der Waals surface area contributed by atoms with Gasteiger partial charge in [0.15, 0.2) is 0 Å². The zero-order valence-electron chi connectivity index (χ0n) is 9.87. The SMILES string of the molecule is CCCc1c(C)c2c(N)nc(N)nc2[nH]c1=S. The molecule has 0 aliphatic rings. The first kappa shape index (κ1) is 11.8. The molecule has 0 saturated heterocycles. The van der Waals surface area contributed by atoms with Crippen LogP contribution in [0.3, 0.4) is 0 Å². The monoisotopic (exact) mass is 249 g/mol. The van der Waals surface area contributed by atoms with Gasteiger partial charge >= 0.3 is 0 Å². The molecule has 2 aromatic rings. The number of anilines is 2. The normalized spacial score (nSPS) is 10.9. The van der Waals surface area contributed by atoms with Crippen molar-refractivity contribution in [3.63, 3.8) is 0 Å². The van der Waals surface area contributed by atoms with Crippen LogP contribution in [0.15, 0.2) is 0 Å². The number of hydrogen-bond donors (Lipinski definition) is 3. The molecule has 90 valence electrons. The van der Waals surface area contributed by atoms with E-state index in [1.165, 1.54) is 0 Å². The Morgan fingerprint density at radius 1 is 1.29 bits per heavy atom. The topological polar surface area (TPSA) is 93.6 Å². The highest BCUT2D eigenvalue weighted by Crippen LogP contribution is 2.25. The number of aryl methyl sites for hydroxylation is 1. The molecule has 17 heavy (non-hydrogen) atoms. The van der Waals surface area contributed by atoms with Crippen LogP contribution >= 0.6 is 12.2 Å². The molecule has 0 unspecified atom stereocenters. The quantitative estimate of drug-likeness (QED) is 0.709. The summed E-state index contributed by atoms with van der Waals surface area (Å²) < 4.78 is 0.703. The summed E-state index contributed by atoms with van der Waals surface area (Å²) in [5.74, 6) is 0.553. The van der Waals surface area contributed by atoms with Gasteiger partial charge in [-0.2, -0.15) is 9.97 Å². The van der Waals surface area contributed by atoms with Crippen molar-refractivity contribution in [1.82, 2.24) is 15.0 Å². The zero-order valence-corrected chi connectivity index (χ0v) is 10.7. The number of pyridine rings is 1. The van der Waals surface area contributed by atoms with Crippen LogP contribution in [0.4, 0.5) is 11.8 Å². The number of nitrogens with zero attached hydrogens (tertiary/aromatic N) is 2. The van der Waals surface area contributed by atoms with Gasteiger partial charge in [0.2, 0.25) is 5.95 Å². The molecule has 0 radical (unpaired) electrons. The van der Waals surface area contributed by atoms with E-state index in [2.05, 4.69) is 21.9 Å². The van der Waals surface area contributed by atoms with Gasteiger partial charge in [-0.25, -0.2) is 0 Å². The highest BCUT2D eigenvalue weighted by molar-refractivity contribution is 7.71. The van der Waals surface area contributed by atoms with E-state index in [0.717, 1.165) is 29.4 Å². The number of aromatic nitrogens is 3. The molecular formula is C11H15N5S. The molecule has 0 aliphatic heterocycles. The van der Waals surface area contributed by atoms with Crippen molar-refractivity contribution in [2.45, 2.75) is 26.7 Å². The molecule has 5 nitrogen and oxygen atoms in total. The predicted molar refractivity (Wildman–Crippen MR) is 72.3 cm³/mol. The van der Waals surface area contributed by atoms with Crippen LogP contribution < -0.4 is 11.5 Å². The lowest BCUT2D eigenvalue weighted by Crippen LogP contribution is -2.05. The van der Waals surface area contributed by atoms with E-state index < -0.39 is 0 Å². The van der Waals surface area contributed by atoms with E-state index >= 15 is 0 Å². The minimum absolute atomic E-state index is 0.156. The van der Waals surface area contributed by atoms with Gasteiger partial charge in [0, 0.05) is 0 Å². The first-order valence-corrected chi connectivity index (χ1v) is 5.89. The third kappa shape index (κ3) is 1.95. The van der Waals surface area contributed by atoms with Gasteiger partial charge in [-0.1, -0.05) is 25.6 Å². The van der Waals surface area contributed by atoms with Crippen LogP contribution in [-0.2, 0) is 6.42 Å². The number of rotatable bonds is 2. The van der Waals surface area contributed by atoms with Crippen molar-refractivity contribution in [3.05, 3.63) is 15.8 Å². The molecule has 0 spiro atoms. The van der Waals surface area contributed by atoms with Crippen molar-refractivity contribution in [2.75, 3.05) is 11.5 Å². The number of fused-ring (bicyclic) bond motifs is 1. The number of aromatic amines is 1. The Balaban J connectivity index is 2.87. The Kier molecular flexibility index (Phi) is 2.97. The fraction of sp³-hybridized carbons (Fsp3) is 0.364.